The quantitative estimate of drug-likeness (QED) is 0.488. The number of benzene rings is 1. The predicted octanol–water partition coefficient (Wildman–Crippen LogP) is 1.36. The van der Waals surface area contributed by atoms with Gasteiger partial charge in [-0.05, 0) is 24.8 Å². The van der Waals surface area contributed by atoms with Gasteiger partial charge in [-0.25, -0.2) is 8.78 Å². The number of aliphatic hydroxyl groups excluding tert-OH is 1. The Bertz CT molecular complexity index is 1200. The molecule has 2 atom stereocenters. The maximum Gasteiger partial charge on any atom is 0.272 e. The Morgan fingerprint density at radius 1 is 1.17 bits per heavy atom. The zero-order valence-electron chi connectivity index (χ0n) is 19.8. The Morgan fingerprint density at radius 2 is 1.94 bits per heavy atom. The van der Waals surface area contributed by atoms with Crippen LogP contribution in [-0.4, -0.2) is 63.8 Å². The monoisotopic (exact) mass is 504 g/mol. The molecule has 1 aliphatic carbocycles. The van der Waals surface area contributed by atoms with E-state index in [0.29, 0.717) is 25.7 Å². The Morgan fingerprint density at radius 3 is 2.69 bits per heavy atom. The summed E-state index contributed by atoms with van der Waals surface area (Å²) < 4.78 is 28.4. The smallest absolute Gasteiger partial charge is 0.272 e. The number of fused-ring (bicyclic) bond motifs is 2. The van der Waals surface area contributed by atoms with Gasteiger partial charge in [0, 0.05) is 56.6 Å². The molecule has 1 aliphatic heterocycles. The zero-order chi connectivity index (χ0) is 25.8. The molecule has 1 saturated carbocycles. The molecule has 2 aliphatic rings. The van der Waals surface area contributed by atoms with Crippen LogP contribution in [0.3, 0.4) is 0 Å². The molecule has 0 radical (unpaired) electrons. The molecule has 2 aromatic rings. The summed E-state index contributed by atoms with van der Waals surface area (Å²) in [5.41, 5.74) is -1.63. The van der Waals surface area contributed by atoms with Gasteiger partial charge in [-0.3, -0.25) is 19.3 Å². The van der Waals surface area contributed by atoms with Crippen LogP contribution in [0.15, 0.2) is 29.2 Å². The van der Waals surface area contributed by atoms with Gasteiger partial charge in [0.25, 0.3) is 11.8 Å². The van der Waals surface area contributed by atoms with Crippen LogP contribution >= 0.6 is 0 Å². The first kappa shape index (κ1) is 25.8. The van der Waals surface area contributed by atoms with Crippen LogP contribution in [0.25, 0.3) is 0 Å². The number of nitrogens with zero attached hydrogens (tertiary/aromatic N) is 2. The van der Waals surface area contributed by atoms with Crippen LogP contribution in [0.4, 0.5) is 8.78 Å². The summed E-state index contributed by atoms with van der Waals surface area (Å²) in [6.07, 6.45) is 4.91. The van der Waals surface area contributed by atoms with Crippen LogP contribution in [0.5, 0.6) is 5.75 Å². The number of hydrogen-bond donors (Lipinski definition) is 4. The summed E-state index contributed by atoms with van der Waals surface area (Å²) in [5, 5.41) is 25.6. The van der Waals surface area contributed by atoms with Crippen LogP contribution < -0.4 is 16.1 Å². The number of hydrogen-bond acceptors (Lipinski definition) is 6. The molecule has 4 rings (SSSR count). The minimum Gasteiger partial charge on any atom is -0.503 e. The van der Waals surface area contributed by atoms with Crippen molar-refractivity contribution in [2.45, 2.75) is 44.8 Å². The number of pyridine rings is 1. The van der Waals surface area contributed by atoms with Crippen molar-refractivity contribution in [3.63, 3.8) is 0 Å². The third kappa shape index (κ3) is 5.57. The fourth-order valence-corrected chi connectivity index (χ4v) is 5.03. The molecule has 194 valence electrons. The molecule has 4 N–H and O–H groups in total. The molecule has 11 heteroatoms. The normalized spacial score (nSPS) is 20.7. The first-order valence-corrected chi connectivity index (χ1v) is 12.1. The van der Waals surface area contributed by atoms with Crippen molar-refractivity contribution in [3.8, 4) is 5.75 Å². The van der Waals surface area contributed by atoms with E-state index in [0.717, 1.165) is 31.7 Å². The summed E-state index contributed by atoms with van der Waals surface area (Å²) in [6.45, 7) is 1.37. The van der Waals surface area contributed by atoms with Gasteiger partial charge in [-0.1, -0.05) is 18.9 Å². The van der Waals surface area contributed by atoms with Crippen LogP contribution in [-0.2, 0) is 13.1 Å². The fraction of sp³-hybridized carbons (Fsp3) is 0.480. The van der Waals surface area contributed by atoms with Gasteiger partial charge in [0.15, 0.2) is 11.4 Å². The van der Waals surface area contributed by atoms with E-state index in [1.165, 1.54) is 16.8 Å². The van der Waals surface area contributed by atoms with Crippen molar-refractivity contribution < 1.29 is 28.6 Å². The van der Waals surface area contributed by atoms with E-state index in [2.05, 4.69) is 15.5 Å². The van der Waals surface area contributed by atoms with Crippen LogP contribution in [0, 0.1) is 17.6 Å². The average Bonchev–Trinajstić information content (AvgIpc) is 2.84. The third-order valence-corrected chi connectivity index (χ3v) is 6.96. The SMILES string of the molecule is O=C(NCc1ccc(F)cc1F)c1cn2c(c(O)c1=O)C(=O)N[C@H]1CCCC[C@H]1CN(CCO)CC2. The Hall–Kier alpha value is -3.31. The Labute approximate surface area is 206 Å². The highest BCUT2D eigenvalue weighted by Gasteiger charge is 2.32. The standard InChI is InChI=1S/C25H30F2N4O5/c26-17-6-5-15(19(27)11-17)12-28-24(35)18-14-31-8-7-30(9-10-32)13-16-3-1-2-4-20(16)29-25(36)21(31)23(34)22(18)33/h5-6,11,14,16,20,32,34H,1-4,7-10,12-13H2,(H,28,35)(H,29,36)/t16-,20-/m0/s1. The van der Waals surface area contributed by atoms with Gasteiger partial charge in [0.1, 0.15) is 17.2 Å². The number of carbonyl (C=O) groups is 2. The van der Waals surface area contributed by atoms with E-state index < -0.39 is 40.2 Å². The van der Waals surface area contributed by atoms with Crippen molar-refractivity contribution in [1.29, 1.82) is 0 Å². The zero-order valence-corrected chi connectivity index (χ0v) is 19.8. The van der Waals surface area contributed by atoms with Crippen molar-refractivity contribution in [3.05, 3.63) is 63.1 Å². The summed E-state index contributed by atoms with van der Waals surface area (Å²) >= 11 is 0. The number of aromatic nitrogens is 1. The number of nitrogens with one attached hydrogen (secondary N) is 2. The number of aromatic hydroxyl groups is 1. The van der Waals surface area contributed by atoms with Crippen molar-refractivity contribution in [1.82, 2.24) is 20.1 Å². The highest BCUT2D eigenvalue weighted by Crippen LogP contribution is 2.27. The molecular weight excluding hydrogens is 474 g/mol. The average molecular weight is 505 g/mol. The summed E-state index contributed by atoms with van der Waals surface area (Å²) in [7, 11) is 0. The molecule has 0 saturated heterocycles. The van der Waals surface area contributed by atoms with Crippen LogP contribution in [0.1, 0.15) is 52.1 Å². The van der Waals surface area contributed by atoms with E-state index in [-0.39, 0.29) is 42.9 Å². The maximum absolute atomic E-state index is 13.9. The van der Waals surface area contributed by atoms with Crippen molar-refractivity contribution in [2.75, 3.05) is 26.2 Å². The molecule has 1 aromatic carbocycles. The lowest BCUT2D eigenvalue weighted by atomic mass is 9.83. The lowest BCUT2D eigenvalue weighted by Gasteiger charge is -2.37. The maximum atomic E-state index is 13.9. The number of carbonyl (C=O) groups excluding carboxylic acids is 2. The van der Waals surface area contributed by atoms with E-state index in [1.807, 2.05) is 0 Å². The minimum atomic E-state index is -1.02. The highest BCUT2D eigenvalue weighted by atomic mass is 19.1. The van der Waals surface area contributed by atoms with Gasteiger partial charge in [0.05, 0.1) is 6.61 Å². The van der Waals surface area contributed by atoms with Gasteiger partial charge in [-0.15, -0.1) is 0 Å². The second-order valence-electron chi connectivity index (χ2n) is 9.33. The predicted molar refractivity (Wildman–Crippen MR) is 127 cm³/mol. The number of halogens is 2. The summed E-state index contributed by atoms with van der Waals surface area (Å²) in [6, 6.07) is 2.78. The first-order chi connectivity index (χ1) is 17.3. The molecule has 36 heavy (non-hydrogen) atoms. The molecule has 0 unspecified atom stereocenters. The van der Waals surface area contributed by atoms with Crippen LogP contribution in [0.2, 0.25) is 0 Å². The van der Waals surface area contributed by atoms with Gasteiger partial charge < -0.3 is 25.4 Å². The lowest BCUT2D eigenvalue weighted by Crippen LogP contribution is -2.49. The Balaban J connectivity index is 1.64. The highest BCUT2D eigenvalue weighted by molar-refractivity contribution is 5.98. The third-order valence-electron chi connectivity index (χ3n) is 6.96. The molecule has 2 heterocycles. The number of aliphatic hydroxyl groups is 1. The number of amides is 2. The van der Waals surface area contributed by atoms with Gasteiger partial charge >= 0.3 is 0 Å². The summed E-state index contributed by atoms with van der Waals surface area (Å²) in [4.78, 5) is 40.9. The minimum absolute atomic E-state index is 0.0223. The van der Waals surface area contributed by atoms with Crippen molar-refractivity contribution in [2.24, 2.45) is 5.92 Å². The molecule has 9 nitrogen and oxygen atoms in total. The molecule has 0 spiro atoms. The molecular formula is C25H30F2N4O5. The summed E-state index contributed by atoms with van der Waals surface area (Å²) in [5.74, 6) is -3.71. The molecule has 1 fully saturated rings. The first-order valence-electron chi connectivity index (χ1n) is 12.1. The molecule has 2 amide bonds. The van der Waals surface area contributed by atoms with Gasteiger partial charge in [-0.2, -0.15) is 0 Å². The van der Waals surface area contributed by atoms with Crippen molar-refractivity contribution >= 4 is 11.8 Å². The Kier molecular flexibility index (Phi) is 8.00. The fourth-order valence-electron chi connectivity index (χ4n) is 5.03. The van der Waals surface area contributed by atoms with E-state index >= 15 is 0 Å². The molecule has 1 aromatic heterocycles. The second kappa shape index (κ2) is 11.2. The second-order valence-corrected chi connectivity index (χ2v) is 9.33. The van der Waals surface area contributed by atoms with Gasteiger partial charge in [0.2, 0.25) is 5.43 Å². The number of β-amino-alcohol motifs (C(OH)–C–C–N with tert-alkyl or cyclic N) is 1. The number of rotatable bonds is 5. The van der Waals surface area contributed by atoms with E-state index in [9.17, 15) is 33.4 Å². The molecule has 0 bridgehead atoms. The largest absolute Gasteiger partial charge is 0.503 e. The lowest BCUT2D eigenvalue weighted by molar-refractivity contribution is 0.0836. The topological polar surface area (TPSA) is 124 Å². The van der Waals surface area contributed by atoms with E-state index in [4.69, 9.17) is 0 Å². The van der Waals surface area contributed by atoms with E-state index in [1.54, 1.807) is 0 Å².